The average molecular weight is 300 g/mol. The highest BCUT2D eigenvalue weighted by Crippen LogP contribution is 2.34. The van der Waals surface area contributed by atoms with E-state index in [4.69, 9.17) is 4.74 Å². The summed E-state index contributed by atoms with van der Waals surface area (Å²) in [5.74, 6) is 0.371. The van der Waals surface area contributed by atoms with Crippen LogP contribution >= 0.6 is 0 Å². The Labute approximate surface area is 128 Å². The topological polar surface area (TPSA) is 41.6 Å². The van der Waals surface area contributed by atoms with Gasteiger partial charge in [-0.15, -0.1) is 0 Å². The first-order valence-electron chi connectivity index (χ1n) is 7.27. The van der Waals surface area contributed by atoms with Gasteiger partial charge >= 0.3 is 6.03 Å². The van der Waals surface area contributed by atoms with Crippen molar-refractivity contribution in [3.8, 4) is 5.75 Å². The second kappa shape index (κ2) is 6.05. The molecule has 2 aromatic carbocycles. The van der Waals surface area contributed by atoms with Gasteiger partial charge in [0.2, 0.25) is 0 Å². The van der Waals surface area contributed by atoms with E-state index in [-0.39, 0.29) is 18.0 Å². The van der Waals surface area contributed by atoms with Crippen LogP contribution in [0.15, 0.2) is 48.5 Å². The summed E-state index contributed by atoms with van der Waals surface area (Å²) < 4.78 is 18.8. The molecule has 2 amide bonds. The molecule has 1 aliphatic rings. The molecule has 0 unspecified atom stereocenters. The molecule has 1 heterocycles. The molecule has 1 aliphatic heterocycles. The molecule has 0 fully saturated rings. The quantitative estimate of drug-likeness (QED) is 0.909. The Morgan fingerprint density at radius 2 is 2.00 bits per heavy atom. The summed E-state index contributed by atoms with van der Waals surface area (Å²) in [6.45, 7) is 2.51. The lowest BCUT2D eigenvalue weighted by Crippen LogP contribution is -2.45. The summed E-state index contributed by atoms with van der Waals surface area (Å²) in [5, 5.41) is 2.79. The van der Waals surface area contributed by atoms with E-state index in [1.807, 2.05) is 31.2 Å². The van der Waals surface area contributed by atoms with Crippen LogP contribution in [0.3, 0.4) is 0 Å². The van der Waals surface area contributed by atoms with Gasteiger partial charge in [0.15, 0.2) is 0 Å². The summed E-state index contributed by atoms with van der Waals surface area (Å²) in [6, 6.07) is 12.9. The third kappa shape index (κ3) is 2.88. The SMILES string of the molecule is CC[C@@H]1CN(C(=O)Nc2ccc(F)cc2)c2ccccc2O1. The van der Waals surface area contributed by atoms with Gasteiger partial charge in [-0.05, 0) is 42.8 Å². The molecule has 22 heavy (non-hydrogen) atoms. The number of rotatable bonds is 2. The highest BCUT2D eigenvalue weighted by atomic mass is 19.1. The van der Waals surface area contributed by atoms with Crippen molar-refractivity contribution in [2.45, 2.75) is 19.4 Å². The number of benzene rings is 2. The fourth-order valence-corrected chi connectivity index (χ4v) is 2.43. The zero-order valence-electron chi connectivity index (χ0n) is 12.3. The largest absolute Gasteiger partial charge is 0.486 e. The third-order valence-electron chi connectivity index (χ3n) is 3.63. The van der Waals surface area contributed by atoms with Crippen molar-refractivity contribution in [1.82, 2.24) is 0 Å². The van der Waals surface area contributed by atoms with Crippen molar-refractivity contribution < 1.29 is 13.9 Å². The zero-order valence-corrected chi connectivity index (χ0v) is 12.3. The molecule has 5 heteroatoms. The molecular weight excluding hydrogens is 283 g/mol. The number of amides is 2. The number of hydrogen-bond acceptors (Lipinski definition) is 2. The number of anilines is 2. The molecule has 0 aliphatic carbocycles. The Bertz CT molecular complexity index is 673. The molecular formula is C17H17FN2O2. The van der Waals surface area contributed by atoms with Crippen LogP contribution in [0.2, 0.25) is 0 Å². The van der Waals surface area contributed by atoms with Crippen LogP contribution in [-0.2, 0) is 0 Å². The maximum absolute atomic E-state index is 12.9. The Hall–Kier alpha value is -2.56. The van der Waals surface area contributed by atoms with E-state index in [0.717, 1.165) is 12.1 Å². The highest BCUT2D eigenvalue weighted by molar-refractivity contribution is 6.03. The first kappa shape index (κ1) is 14.4. The van der Waals surface area contributed by atoms with Crippen LogP contribution in [-0.4, -0.2) is 18.7 Å². The molecule has 114 valence electrons. The molecule has 0 saturated heterocycles. The van der Waals surface area contributed by atoms with E-state index in [0.29, 0.717) is 18.0 Å². The number of fused-ring (bicyclic) bond motifs is 1. The van der Waals surface area contributed by atoms with E-state index in [1.54, 1.807) is 4.90 Å². The van der Waals surface area contributed by atoms with Crippen molar-refractivity contribution in [2.75, 3.05) is 16.8 Å². The number of para-hydroxylation sites is 2. The minimum atomic E-state index is -0.333. The van der Waals surface area contributed by atoms with E-state index in [1.165, 1.54) is 24.3 Å². The van der Waals surface area contributed by atoms with Gasteiger partial charge < -0.3 is 10.1 Å². The van der Waals surface area contributed by atoms with Crippen LogP contribution in [0, 0.1) is 5.82 Å². The Morgan fingerprint density at radius 1 is 1.27 bits per heavy atom. The molecule has 0 aromatic heterocycles. The first-order valence-corrected chi connectivity index (χ1v) is 7.27. The van der Waals surface area contributed by atoms with Crippen molar-refractivity contribution in [3.05, 3.63) is 54.3 Å². The molecule has 0 bridgehead atoms. The lowest BCUT2D eigenvalue weighted by molar-refractivity contribution is 0.188. The van der Waals surface area contributed by atoms with Crippen LogP contribution in [0.5, 0.6) is 5.75 Å². The van der Waals surface area contributed by atoms with Crippen molar-refractivity contribution in [1.29, 1.82) is 0 Å². The van der Waals surface area contributed by atoms with E-state index < -0.39 is 0 Å². The molecule has 2 aromatic rings. The monoisotopic (exact) mass is 300 g/mol. The van der Waals surface area contributed by atoms with Gasteiger partial charge in [0, 0.05) is 5.69 Å². The summed E-state index contributed by atoms with van der Waals surface area (Å²) in [4.78, 5) is 14.2. The number of halogens is 1. The van der Waals surface area contributed by atoms with E-state index >= 15 is 0 Å². The first-order chi connectivity index (χ1) is 10.7. The van der Waals surface area contributed by atoms with Crippen molar-refractivity contribution in [2.24, 2.45) is 0 Å². The van der Waals surface area contributed by atoms with Gasteiger partial charge in [-0.25, -0.2) is 9.18 Å². The molecule has 1 atom stereocenters. The maximum atomic E-state index is 12.9. The number of nitrogens with zero attached hydrogens (tertiary/aromatic N) is 1. The number of ether oxygens (including phenoxy) is 1. The standard InChI is InChI=1S/C17H17FN2O2/c1-2-14-11-20(15-5-3-4-6-16(15)22-14)17(21)19-13-9-7-12(18)8-10-13/h3-10,14H,2,11H2,1H3,(H,19,21)/t14-/m1/s1. The van der Waals surface area contributed by atoms with Crippen LogP contribution in [0.4, 0.5) is 20.6 Å². The van der Waals surface area contributed by atoms with E-state index in [2.05, 4.69) is 5.32 Å². The smallest absolute Gasteiger partial charge is 0.326 e. The van der Waals surface area contributed by atoms with Crippen LogP contribution in [0.25, 0.3) is 0 Å². The normalized spacial score (nSPS) is 16.6. The second-order valence-corrected chi connectivity index (χ2v) is 5.16. The minimum absolute atomic E-state index is 0.0335. The van der Waals surface area contributed by atoms with Crippen LogP contribution in [0.1, 0.15) is 13.3 Å². The lowest BCUT2D eigenvalue weighted by atomic mass is 10.1. The number of carbonyl (C=O) groups excluding carboxylic acids is 1. The van der Waals surface area contributed by atoms with Crippen molar-refractivity contribution in [3.63, 3.8) is 0 Å². The summed E-state index contributed by atoms with van der Waals surface area (Å²) in [6.07, 6.45) is 0.781. The van der Waals surface area contributed by atoms with Gasteiger partial charge in [0.25, 0.3) is 0 Å². The Morgan fingerprint density at radius 3 is 2.73 bits per heavy atom. The predicted molar refractivity (Wildman–Crippen MR) is 83.9 cm³/mol. The average Bonchev–Trinajstić information content (AvgIpc) is 2.55. The van der Waals surface area contributed by atoms with Gasteiger partial charge in [-0.2, -0.15) is 0 Å². The zero-order chi connectivity index (χ0) is 15.5. The molecule has 4 nitrogen and oxygen atoms in total. The van der Waals surface area contributed by atoms with Gasteiger partial charge in [0.1, 0.15) is 17.7 Å². The third-order valence-corrected chi connectivity index (χ3v) is 3.63. The fourth-order valence-electron chi connectivity index (χ4n) is 2.43. The molecule has 0 radical (unpaired) electrons. The molecule has 1 N–H and O–H groups in total. The maximum Gasteiger partial charge on any atom is 0.326 e. The Balaban J connectivity index is 1.83. The van der Waals surface area contributed by atoms with Crippen LogP contribution < -0.4 is 15.0 Å². The Kier molecular flexibility index (Phi) is 3.96. The number of urea groups is 1. The molecule has 0 saturated carbocycles. The van der Waals surface area contributed by atoms with Gasteiger partial charge in [0.05, 0.1) is 12.2 Å². The van der Waals surface area contributed by atoms with Gasteiger partial charge in [-0.3, -0.25) is 4.90 Å². The van der Waals surface area contributed by atoms with E-state index in [9.17, 15) is 9.18 Å². The summed E-state index contributed by atoms with van der Waals surface area (Å²) in [7, 11) is 0. The molecule has 0 spiro atoms. The number of nitrogens with one attached hydrogen (secondary N) is 1. The van der Waals surface area contributed by atoms with Crippen molar-refractivity contribution >= 4 is 17.4 Å². The van der Waals surface area contributed by atoms with Gasteiger partial charge in [-0.1, -0.05) is 19.1 Å². The fraction of sp³-hybridized carbons (Fsp3) is 0.235. The number of carbonyl (C=O) groups is 1. The summed E-state index contributed by atoms with van der Waals surface area (Å²) >= 11 is 0. The minimum Gasteiger partial charge on any atom is -0.486 e. The number of hydrogen-bond donors (Lipinski definition) is 1. The second-order valence-electron chi connectivity index (χ2n) is 5.16. The lowest BCUT2D eigenvalue weighted by Gasteiger charge is -2.34. The predicted octanol–water partition coefficient (Wildman–Crippen LogP) is 4.04. The highest BCUT2D eigenvalue weighted by Gasteiger charge is 2.28. The summed E-state index contributed by atoms with van der Waals surface area (Å²) in [5.41, 5.74) is 1.30. The molecule has 3 rings (SSSR count).